The van der Waals surface area contributed by atoms with E-state index in [1.807, 2.05) is 6.07 Å². The van der Waals surface area contributed by atoms with Crippen molar-refractivity contribution in [2.75, 3.05) is 0 Å². The quantitative estimate of drug-likeness (QED) is 0.851. The first-order valence-electron chi connectivity index (χ1n) is 5.80. The van der Waals surface area contributed by atoms with Crippen LogP contribution in [0.4, 0.5) is 0 Å². The maximum Gasteiger partial charge on any atom is 0.336 e. The molecule has 0 bridgehead atoms. The molecule has 0 unspecified atom stereocenters. The van der Waals surface area contributed by atoms with E-state index in [0.717, 1.165) is 0 Å². The predicted molar refractivity (Wildman–Crippen MR) is 78.5 cm³/mol. The molecule has 0 saturated heterocycles. The zero-order valence-corrected chi connectivity index (χ0v) is 11.6. The molecule has 2 aromatic rings. The van der Waals surface area contributed by atoms with Gasteiger partial charge >= 0.3 is 5.97 Å². The van der Waals surface area contributed by atoms with Crippen LogP contribution in [0.1, 0.15) is 31.1 Å². The first-order valence-corrected chi connectivity index (χ1v) is 6.18. The third-order valence-corrected chi connectivity index (χ3v) is 2.64. The lowest BCUT2D eigenvalue weighted by molar-refractivity contribution is 0.0692. The van der Waals surface area contributed by atoms with E-state index in [1.54, 1.807) is 30.3 Å². The molecule has 0 atom stereocenters. The van der Waals surface area contributed by atoms with Gasteiger partial charge < -0.3 is 10.8 Å². The Morgan fingerprint density at radius 2 is 1.33 bits per heavy atom. The number of rotatable bonds is 3. The maximum absolute atomic E-state index is 10.7. The van der Waals surface area contributed by atoms with Crippen LogP contribution >= 0.6 is 11.6 Å². The lowest BCUT2D eigenvalue weighted by Gasteiger charge is -1.99. The summed E-state index contributed by atoms with van der Waals surface area (Å²) in [6.45, 7) is 0. The standard InChI is InChI=1S/C8H7NO3.C7H5ClO/c9-7(10)5-3-1-2-4-6(5)8(11)12;8-7(9)6-4-2-1-3-5-6/h1-4H,(H2,9,10)(H,11,12);1-5H. The summed E-state index contributed by atoms with van der Waals surface area (Å²) < 4.78 is 0. The number of hydrogen-bond acceptors (Lipinski definition) is 3. The number of aromatic carboxylic acids is 1. The van der Waals surface area contributed by atoms with E-state index in [-0.39, 0.29) is 11.1 Å². The van der Waals surface area contributed by atoms with Crippen LogP contribution < -0.4 is 5.73 Å². The fourth-order valence-corrected chi connectivity index (χ4v) is 1.58. The molecule has 0 fully saturated rings. The van der Waals surface area contributed by atoms with Gasteiger partial charge in [-0.15, -0.1) is 0 Å². The highest BCUT2D eigenvalue weighted by Gasteiger charge is 2.11. The molecule has 3 N–H and O–H groups in total. The highest BCUT2D eigenvalue weighted by atomic mass is 35.5. The van der Waals surface area contributed by atoms with Crippen molar-refractivity contribution in [3.05, 3.63) is 71.3 Å². The summed E-state index contributed by atoms with van der Waals surface area (Å²) in [6, 6.07) is 14.6. The van der Waals surface area contributed by atoms with Crippen LogP contribution in [0.15, 0.2) is 54.6 Å². The average molecular weight is 306 g/mol. The molecule has 0 radical (unpaired) electrons. The van der Waals surface area contributed by atoms with Crippen molar-refractivity contribution in [1.82, 2.24) is 0 Å². The Kier molecular flexibility index (Phi) is 6.10. The number of carboxylic acid groups (broad SMARTS) is 1. The molecule has 0 saturated carbocycles. The van der Waals surface area contributed by atoms with Gasteiger partial charge in [-0.3, -0.25) is 9.59 Å². The molecule has 1 amide bonds. The number of halogens is 1. The van der Waals surface area contributed by atoms with Crippen LogP contribution in [0.25, 0.3) is 0 Å². The molecule has 21 heavy (non-hydrogen) atoms. The first-order chi connectivity index (χ1) is 9.93. The van der Waals surface area contributed by atoms with Crippen molar-refractivity contribution in [3.8, 4) is 0 Å². The Bertz CT molecular complexity index is 623. The van der Waals surface area contributed by atoms with Gasteiger partial charge in [0.15, 0.2) is 0 Å². The van der Waals surface area contributed by atoms with E-state index in [2.05, 4.69) is 0 Å². The summed E-state index contributed by atoms with van der Waals surface area (Å²) >= 11 is 5.16. The van der Waals surface area contributed by atoms with Gasteiger partial charge in [-0.05, 0) is 23.7 Å². The second-order valence-corrected chi connectivity index (χ2v) is 4.20. The lowest BCUT2D eigenvalue weighted by atomic mass is 10.1. The van der Waals surface area contributed by atoms with Crippen molar-refractivity contribution in [3.63, 3.8) is 0 Å². The van der Waals surface area contributed by atoms with Crippen LogP contribution in [0.5, 0.6) is 0 Å². The number of primary amides is 1. The van der Waals surface area contributed by atoms with Gasteiger partial charge in [0.05, 0.1) is 11.1 Å². The summed E-state index contributed by atoms with van der Waals surface area (Å²) in [5.41, 5.74) is 5.46. The highest BCUT2D eigenvalue weighted by molar-refractivity contribution is 6.67. The molecular formula is C15H12ClNO4. The van der Waals surface area contributed by atoms with Crippen molar-refractivity contribution in [1.29, 1.82) is 0 Å². The minimum absolute atomic E-state index is 0.0324. The zero-order valence-electron chi connectivity index (χ0n) is 10.8. The Balaban J connectivity index is 0.000000219. The Morgan fingerprint density at radius 1 is 0.857 bits per heavy atom. The van der Waals surface area contributed by atoms with Gasteiger partial charge in [0, 0.05) is 5.56 Å². The van der Waals surface area contributed by atoms with Crippen LogP contribution in [-0.4, -0.2) is 22.2 Å². The van der Waals surface area contributed by atoms with E-state index in [0.29, 0.717) is 5.56 Å². The number of carboxylic acids is 1. The largest absolute Gasteiger partial charge is 0.478 e. The molecule has 0 aliphatic carbocycles. The summed E-state index contributed by atoms with van der Waals surface area (Å²) in [7, 11) is 0. The Hall–Kier alpha value is -2.66. The molecule has 2 aromatic carbocycles. The van der Waals surface area contributed by atoms with Crippen LogP contribution in [-0.2, 0) is 0 Å². The summed E-state index contributed by atoms with van der Waals surface area (Å²) in [5, 5.41) is 8.20. The van der Waals surface area contributed by atoms with Gasteiger partial charge in [-0.25, -0.2) is 4.79 Å². The molecule has 0 aliphatic heterocycles. The van der Waals surface area contributed by atoms with Gasteiger partial charge in [-0.2, -0.15) is 0 Å². The van der Waals surface area contributed by atoms with E-state index >= 15 is 0 Å². The third-order valence-electron chi connectivity index (χ3n) is 2.42. The van der Waals surface area contributed by atoms with Crippen LogP contribution in [0.2, 0.25) is 0 Å². The Morgan fingerprint density at radius 3 is 1.67 bits per heavy atom. The Labute approximate surface area is 126 Å². The first kappa shape index (κ1) is 16.4. The van der Waals surface area contributed by atoms with Crippen molar-refractivity contribution >= 4 is 28.7 Å². The van der Waals surface area contributed by atoms with E-state index in [9.17, 15) is 14.4 Å². The minimum atomic E-state index is -1.15. The van der Waals surface area contributed by atoms with Crippen LogP contribution in [0.3, 0.4) is 0 Å². The second-order valence-electron chi connectivity index (χ2n) is 3.85. The molecule has 6 heteroatoms. The van der Waals surface area contributed by atoms with Gasteiger partial charge in [0.25, 0.3) is 5.24 Å². The lowest BCUT2D eigenvalue weighted by Crippen LogP contribution is -2.15. The summed E-state index contributed by atoms with van der Waals surface area (Å²) in [5.74, 6) is -1.88. The molecule has 0 heterocycles. The predicted octanol–water partition coefficient (Wildman–Crippen LogP) is 2.55. The molecule has 0 aliphatic rings. The molecule has 5 nitrogen and oxygen atoms in total. The SMILES string of the molecule is NC(=O)c1ccccc1C(=O)O.O=C(Cl)c1ccccc1. The zero-order chi connectivity index (χ0) is 15.8. The fourth-order valence-electron chi connectivity index (χ4n) is 1.45. The highest BCUT2D eigenvalue weighted by Crippen LogP contribution is 2.07. The number of amides is 1. The van der Waals surface area contributed by atoms with Crippen molar-refractivity contribution in [2.45, 2.75) is 0 Å². The van der Waals surface area contributed by atoms with Gasteiger partial charge in [-0.1, -0.05) is 42.5 Å². The molecule has 0 spiro atoms. The number of hydrogen-bond donors (Lipinski definition) is 2. The third kappa shape index (κ3) is 5.08. The molecular weight excluding hydrogens is 294 g/mol. The maximum atomic E-state index is 10.7. The van der Waals surface area contributed by atoms with Crippen molar-refractivity contribution in [2.24, 2.45) is 5.73 Å². The molecule has 108 valence electrons. The molecule has 0 aromatic heterocycles. The second kappa shape index (κ2) is 7.81. The number of nitrogens with two attached hydrogens (primary N) is 1. The average Bonchev–Trinajstić information content (AvgIpc) is 2.48. The summed E-state index contributed by atoms with van der Waals surface area (Å²) in [4.78, 5) is 31.6. The van der Waals surface area contributed by atoms with E-state index in [4.69, 9.17) is 22.4 Å². The fraction of sp³-hybridized carbons (Fsp3) is 0. The summed E-state index contributed by atoms with van der Waals surface area (Å²) in [6.07, 6.45) is 0. The van der Waals surface area contributed by atoms with Gasteiger partial charge in [0.2, 0.25) is 5.91 Å². The molecule has 2 rings (SSSR count). The van der Waals surface area contributed by atoms with Crippen LogP contribution in [0, 0.1) is 0 Å². The number of carbonyl (C=O) groups is 3. The minimum Gasteiger partial charge on any atom is -0.478 e. The van der Waals surface area contributed by atoms with Crippen molar-refractivity contribution < 1.29 is 19.5 Å². The van der Waals surface area contributed by atoms with E-state index < -0.39 is 17.1 Å². The number of benzene rings is 2. The van der Waals surface area contributed by atoms with E-state index in [1.165, 1.54) is 18.2 Å². The van der Waals surface area contributed by atoms with Gasteiger partial charge in [0.1, 0.15) is 0 Å². The monoisotopic (exact) mass is 305 g/mol. The smallest absolute Gasteiger partial charge is 0.336 e. The topological polar surface area (TPSA) is 97.5 Å². The normalized spacial score (nSPS) is 9.19. The number of carbonyl (C=O) groups excluding carboxylic acids is 2.